The Hall–Kier alpha value is -3.02. The number of amides is 2. The minimum Gasteiger partial charge on any atom is -0.371 e. The Kier molecular flexibility index (Phi) is 8.02. The second kappa shape index (κ2) is 11.6. The maximum absolute atomic E-state index is 13.6. The van der Waals surface area contributed by atoms with Crippen molar-refractivity contribution >= 4 is 46.4 Å². The van der Waals surface area contributed by atoms with Gasteiger partial charge in [0.05, 0.1) is 15.6 Å². The highest BCUT2D eigenvalue weighted by Crippen LogP contribution is 2.32. The summed E-state index contributed by atoms with van der Waals surface area (Å²) in [6, 6.07) is 21.1. The molecule has 3 aromatic rings. The zero-order chi connectivity index (χ0) is 25.8. The molecule has 0 bridgehead atoms. The lowest BCUT2D eigenvalue weighted by Crippen LogP contribution is -2.36. The van der Waals surface area contributed by atoms with Gasteiger partial charge in [0.25, 0.3) is 11.8 Å². The van der Waals surface area contributed by atoms with E-state index >= 15 is 0 Å². The molecule has 5 rings (SSSR count). The number of likely N-dealkylation sites (tertiary alicyclic amines) is 1. The number of carbonyl (C=O) groups excluding carboxylic acids is 2. The van der Waals surface area contributed by atoms with Crippen LogP contribution in [0.2, 0.25) is 10.0 Å². The Bertz CT molecular complexity index is 1270. The molecule has 0 saturated carbocycles. The van der Waals surface area contributed by atoms with E-state index in [1.807, 2.05) is 23.1 Å². The molecule has 7 heteroatoms. The van der Waals surface area contributed by atoms with Gasteiger partial charge in [0, 0.05) is 43.1 Å². The molecule has 2 aliphatic heterocycles. The Morgan fingerprint density at radius 3 is 2.27 bits per heavy atom. The summed E-state index contributed by atoms with van der Waals surface area (Å²) in [7, 11) is 0. The molecule has 2 amide bonds. The van der Waals surface area contributed by atoms with Crippen LogP contribution in [0.5, 0.6) is 0 Å². The van der Waals surface area contributed by atoms with Crippen molar-refractivity contribution in [1.82, 2.24) is 4.90 Å². The molecule has 0 aromatic heterocycles. The highest BCUT2D eigenvalue weighted by atomic mass is 35.5. The predicted molar refractivity (Wildman–Crippen MR) is 151 cm³/mol. The number of piperidine rings is 1. The molecule has 5 nitrogen and oxygen atoms in total. The molecule has 2 saturated heterocycles. The van der Waals surface area contributed by atoms with Crippen molar-refractivity contribution in [3.8, 4) is 0 Å². The van der Waals surface area contributed by atoms with Gasteiger partial charge in [0.1, 0.15) is 0 Å². The lowest BCUT2D eigenvalue weighted by atomic mass is 9.89. The maximum atomic E-state index is 13.6. The van der Waals surface area contributed by atoms with Crippen LogP contribution in [-0.4, -0.2) is 42.9 Å². The molecule has 37 heavy (non-hydrogen) atoms. The first kappa shape index (κ1) is 25.6. The molecule has 0 radical (unpaired) electrons. The van der Waals surface area contributed by atoms with E-state index in [1.54, 1.807) is 18.2 Å². The van der Waals surface area contributed by atoms with Crippen molar-refractivity contribution in [2.45, 2.75) is 32.1 Å². The first-order valence-electron chi connectivity index (χ1n) is 13.0. The Morgan fingerprint density at radius 1 is 0.838 bits per heavy atom. The van der Waals surface area contributed by atoms with Crippen LogP contribution in [0, 0.1) is 5.92 Å². The van der Waals surface area contributed by atoms with Gasteiger partial charge >= 0.3 is 0 Å². The molecule has 0 atom stereocenters. The topological polar surface area (TPSA) is 52.7 Å². The minimum absolute atomic E-state index is 0.0320. The van der Waals surface area contributed by atoms with Crippen molar-refractivity contribution in [3.05, 3.63) is 93.5 Å². The summed E-state index contributed by atoms with van der Waals surface area (Å²) in [6.07, 6.45) is 5.32. The summed E-state index contributed by atoms with van der Waals surface area (Å²) in [4.78, 5) is 30.7. The average Bonchev–Trinajstić information content (AvgIpc) is 3.46. The van der Waals surface area contributed by atoms with E-state index < -0.39 is 0 Å². The zero-order valence-electron chi connectivity index (χ0n) is 20.8. The van der Waals surface area contributed by atoms with E-state index in [2.05, 4.69) is 40.5 Å². The number of nitrogens with one attached hydrogen (secondary N) is 1. The maximum Gasteiger partial charge on any atom is 0.256 e. The SMILES string of the molecule is O=C(Nc1ccc(N2CCC(Cc3ccccc3)CC2)c(C(=O)N2CCCC2)c1)c1ccc(Cl)c(Cl)c1. The Morgan fingerprint density at radius 2 is 1.57 bits per heavy atom. The van der Waals surface area contributed by atoms with E-state index in [0.717, 1.165) is 64.0 Å². The van der Waals surface area contributed by atoms with Crippen LogP contribution in [-0.2, 0) is 6.42 Å². The lowest BCUT2D eigenvalue weighted by molar-refractivity contribution is 0.0793. The number of halogens is 2. The average molecular weight is 537 g/mol. The summed E-state index contributed by atoms with van der Waals surface area (Å²) in [5.74, 6) is 0.373. The summed E-state index contributed by atoms with van der Waals surface area (Å²) >= 11 is 12.1. The van der Waals surface area contributed by atoms with Crippen molar-refractivity contribution in [2.75, 3.05) is 36.4 Å². The van der Waals surface area contributed by atoms with E-state index in [9.17, 15) is 9.59 Å². The van der Waals surface area contributed by atoms with Gasteiger partial charge in [-0.1, -0.05) is 53.5 Å². The van der Waals surface area contributed by atoms with Gasteiger partial charge in [0.15, 0.2) is 0 Å². The van der Waals surface area contributed by atoms with E-state index in [1.165, 1.54) is 5.56 Å². The molecule has 3 aromatic carbocycles. The molecule has 2 fully saturated rings. The molecule has 0 spiro atoms. The second-order valence-electron chi connectivity index (χ2n) is 9.93. The first-order chi connectivity index (χ1) is 18.0. The number of hydrogen-bond acceptors (Lipinski definition) is 3. The van der Waals surface area contributed by atoms with Crippen LogP contribution in [0.4, 0.5) is 11.4 Å². The standard InChI is InChI=1S/C30H31Cl2N3O2/c31-26-10-8-23(19-27(26)32)29(36)33-24-9-11-28(25(20-24)30(37)35-14-4-5-15-35)34-16-12-22(13-17-34)18-21-6-2-1-3-7-21/h1-3,6-11,19-20,22H,4-5,12-18H2,(H,33,36). The van der Waals surface area contributed by atoms with Crippen LogP contribution in [0.25, 0.3) is 0 Å². The predicted octanol–water partition coefficient (Wildman–Crippen LogP) is 6.94. The third-order valence-electron chi connectivity index (χ3n) is 7.38. The van der Waals surface area contributed by atoms with E-state index in [4.69, 9.17) is 23.2 Å². The van der Waals surface area contributed by atoms with Gasteiger partial charge in [-0.15, -0.1) is 0 Å². The lowest BCUT2D eigenvalue weighted by Gasteiger charge is -2.35. The van der Waals surface area contributed by atoms with Gasteiger partial charge in [-0.25, -0.2) is 0 Å². The van der Waals surface area contributed by atoms with Crippen molar-refractivity contribution in [3.63, 3.8) is 0 Å². The fraction of sp³-hybridized carbons (Fsp3) is 0.333. The van der Waals surface area contributed by atoms with Crippen LogP contribution in [0.1, 0.15) is 52.0 Å². The molecule has 2 heterocycles. The summed E-state index contributed by atoms with van der Waals surface area (Å²) in [6.45, 7) is 3.37. The molecular formula is C30H31Cl2N3O2. The second-order valence-corrected chi connectivity index (χ2v) is 10.7. The van der Waals surface area contributed by atoms with Crippen LogP contribution in [0.15, 0.2) is 66.7 Å². The fourth-order valence-electron chi connectivity index (χ4n) is 5.32. The van der Waals surface area contributed by atoms with Gasteiger partial charge in [-0.2, -0.15) is 0 Å². The number of anilines is 2. The number of carbonyl (C=O) groups is 2. The quantitative estimate of drug-likeness (QED) is 0.371. The minimum atomic E-state index is -0.299. The van der Waals surface area contributed by atoms with Crippen molar-refractivity contribution < 1.29 is 9.59 Å². The third-order valence-corrected chi connectivity index (χ3v) is 8.12. The summed E-state index contributed by atoms with van der Waals surface area (Å²) in [5, 5.41) is 3.65. The molecule has 192 valence electrons. The third kappa shape index (κ3) is 6.11. The first-order valence-corrected chi connectivity index (χ1v) is 13.7. The number of nitrogens with zero attached hydrogens (tertiary/aromatic N) is 2. The smallest absolute Gasteiger partial charge is 0.256 e. The van der Waals surface area contributed by atoms with Crippen molar-refractivity contribution in [2.24, 2.45) is 5.92 Å². The summed E-state index contributed by atoms with van der Waals surface area (Å²) < 4.78 is 0. The van der Waals surface area contributed by atoms with Crippen LogP contribution < -0.4 is 10.2 Å². The van der Waals surface area contributed by atoms with Gasteiger partial charge in [-0.05, 0) is 80.0 Å². The summed E-state index contributed by atoms with van der Waals surface area (Å²) in [5.41, 5.74) is 3.97. The number of benzene rings is 3. The Balaban J connectivity index is 1.34. The molecule has 1 N–H and O–H groups in total. The van der Waals surface area contributed by atoms with Gasteiger partial charge < -0.3 is 15.1 Å². The highest BCUT2D eigenvalue weighted by Gasteiger charge is 2.27. The van der Waals surface area contributed by atoms with E-state index in [-0.39, 0.29) is 11.8 Å². The fourth-order valence-corrected chi connectivity index (χ4v) is 5.62. The highest BCUT2D eigenvalue weighted by molar-refractivity contribution is 6.42. The van der Waals surface area contributed by atoms with E-state index in [0.29, 0.717) is 32.8 Å². The van der Waals surface area contributed by atoms with Crippen LogP contribution in [0.3, 0.4) is 0 Å². The Labute approximate surface area is 228 Å². The zero-order valence-corrected chi connectivity index (χ0v) is 22.3. The van der Waals surface area contributed by atoms with Crippen LogP contribution >= 0.6 is 23.2 Å². The largest absolute Gasteiger partial charge is 0.371 e. The molecule has 0 unspecified atom stereocenters. The van der Waals surface area contributed by atoms with Gasteiger partial charge in [0.2, 0.25) is 0 Å². The number of hydrogen-bond donors (Lipinski definition) is 1. The monoisotopic (exact) mass is 535 g/mol. The number of rotatable bonds is 6. The molecule has 2 aliphatic rings. The molecule has 0 aliphatic carbocycles. The molecular weight excluding hydrogens is 505 g/mol. The van der Waals surface area contributed by atoms with Gasteiger partial charge in [-0.3, -0.25) is 9.59 Å². The normalized spacial score (nSPS) is 16.2. The van der Waals surface area contributed by atoms with Crippen molar-refractivity contribution in [1.29, 1.82) is 0 Å².